The molecule has 0 spiro atoms. The maximum atomic E-state index is 9.90. The maximum Gasteiger partial charge on any atom is 0.177 e. The number of halogens is 1. The Morgan fingerprint density at radius 1 is 1.60 bits per heavy atom. The molecule has 2 aromatic rings. The van der Waals surface area contributed by atoms with Crippen molar-refractivity contribution in [2.75, 3.05) is 0 Å². The second kappa shape index (κ2) is 3.76. The molecule has 0 aliphatic carbocycles. The van der Waals surface area contributed by atoms with E-state index in [0.29, 0.717) is 17.0 Å². The van der Waals surface area contributed by atoms with Crippen molar-refractivity contribution in [2.45, 2.75) is 19.4 Å². The van der Waals surface area contributed by atoms with E-state index in [2.05, 4.69) is 0 Å². The van der Waals surface area contributed by atoms with Gasteiger partial charge in [-0.2, -0.15) is 0 Å². The first-order valence-corrected chi connectivity index (χ1v) is 5.10. The topological polar surface area (TPSA) is 59.4 Å². The molecule has 0 aliphatic heterocycles. The van der Waals surface area contributed by atoms with Crippen molar-refractivity contribution in [3.63, 3.8) is 0 Å². The lowest BCUT2D eigenvalue weighted by Gasteiger charge is -2.08. The summed E-state index contributed by atoms with van der Waals surface area (Å²) in [5.41, 5.74) is 6.83. The molecule has 4 heteroatoms. The number of hydrogen-bond donors (Lipinski definition) is 2. The highest BCUT2D eigenvalue weighted by Gasteiger charge is 2.13. The fourth-order valence-corrected chi connectivity index (χ4v) is 1.91. The Morgan fingerprint density at radius 3 is 3.00 bits per heavy atom. The molecule has 3 N–H and O–H groups in total. The molecule has 0 amide bonds. The van der Waals surface area contributed by atoms with Crippen molar-refractivity contribution in [1.29, 1.82) is 0 Å². The molecule has 15 heavy (non-hydrogen) atoms. The van der Waals surface area contributed by atoms with E-state index in [1.807, 2.05) is 6.92 Å². The van der Waals surface area contributed by atoms with Crippen LogP contribution in [-0.4, -0.2) is 11.1 Å². The Labute approximate surface area is 92.4 Å². The summed E-state index contributed by atoms with van der Waals surface area (Å²) >= 11 is 6.05. The number of phenols is 1. The van der Waals surface area contributed by atoms with Gasteiger partial charge in [-0.15, -0.1) is 0 Å². The minimum Gasteiger partial charge on any atom is -0.504 e. The zero-order chi connectivity index (χ0) is 11.0. The predicted molar refractivity (Wildman–Crippen MR) is 60.2 cm³/mol. The zero-order valence-electron chi connectivity index (χ0n) is 8.33. The molecule has 1 unspecified atom stereocenters. The van der Waals surface area contributed by atoms with Crippen LogP contribution in [0.4, 0.5) is 0 Å². The third-order valence-corrected chi connectivity index (χ3v) is 2.60. The fourth-order valence-electron chi connectivity index (χ4n) is 1.63. The first kappa shape index (κ1) is 10.3. The van der Waals surface area contributed by atoms with Gasteiger partial charge in [-0.05, 0) is 25.5 Å². The van der Waals surface area contributed by atoms with Crippen molar-refractivity contribution < 1.29 is 9.52 Å². The molecule has 2 rings (SSSR count). The zero-order valence-corrected chi connectivity index (χ0v) is 9.08. The van der Waals surface area contributed by atoms with Crippen molar-refractivity contribution >= 4 is 22.6 Å². The molecule has 1 aromatic carbocycles. The van der Waals surface area contributed by atoms with Crippen LogP contribution in [0.1, 0.15) is 12.5 Å². The first-order chi connectivity index (χ1) is 7.09. The predicted octanol–water partition coefficient (Wildman–Crippen LogP) is 2.68. The average molecular weight is 226 g/mol. The molecule has 0 saturated carbocycles. The third-order valence-electron chi connectivity index (χ3n) is 2.28. The van der Waals surface area contributed by atoms with Crippen LogP contribution >= 0.6 is 11.6 Å². The average Bonchev–Trinajstić information content (AvgIpc) is 2.61. The summed E-state index contributed by atoms with van der Waals surface area (Å²) in [6, 6.07) is 3.44. The molecular formula is C11H12ClNO2. The smallest absolute Gasteiger partial charge is 0.177 e. The van der Waals surface area contributed by atoms with Gasteiger partial charge in [0, 0.05) is 17.0 Å². The van der Waals surface area contributed by atoms with Crippen LogP contribution in [0.3, 0.4) is 0 Å². The molecule has 0 radical (unpaired) electrons. The molecular weight excluding hydrogens is 214 g/mol. The fraction of sp³-hybridized carbons (Fsp3) is 0.273. The van der Waals surface area contributed by atoms with Gasteiger partial charge in [-0.1, -0.05) is 11.6 Å². The number of furan rings is 1. The van der Waals surface area contributed by atoms with Gasteiger partial charge in [-0.25, -0.2) is 0 Å². The number of nitrogens with two attached hydrogens (primary N) is 1. The van der Waals surface area contributed by atoms with Crippen molar-refractivity contribution in [2.24, 2.45) is 5.73 Å². The van der Waals surface area contributed by atoms with E-state index in [1.165, 1.54) is 6.26 Å². The summed E-state index contributed by atoms with van der Waals surface area (Å²) in [7, 11) is 0. The Balaban J connectivity index is 2.60. The molecule has 80 valence electrons. The van der Waals surface area contributed by atoms with E-state index in [4.69, 9.17) is 21.8 Å². The molecule has 0 saturated heterocycles. The van der Waals surface area contributed by atoms with Crippen molar-refractivity contribution in [3.8, 4) is 5.75 Å². The quantitative estimate of drug-likeness (QED) is 0.826. The van der Waals surface area contributed by atoms with E-state index in [1.54, 1.807) is 12.1 Å². The summed E-state index contributed by atoms with van der Waals surface area (Å²) in [5.74, 6) is 0.136. The van der Waals surface area contributed by atoms with Crippen molar-refractivity contribution in [1.82, 2.24) is 0 Å². The third kappa shape index (κ3) is 1.80. The van der Waals surface area contributed by atoms with Crippen LogP contribution in [0.15, 0.2) is 22.8 Å². The van der Waals surface area contributed by atoms with E-state index >= 15 is 0 Å². The number of rotatable bonds is 2. The van der Waals surface area contributed by atoms with Gasteiger partial charge in [0.2, 0.25) is 0 Å². The van der Waals surface area contributed by atoms with Crippen molar-refractivity contribution in [3.05, 3.63) is 29.0 Å². The van der Waals surface area contributed by atoms with Gasteiger partial charge in [0.15, 0.2) is 11.3 Å². The van der Waals surface area contributed by atoms with Gasteiger partial charge in [0.05, 0.1) is 11.3 Å². The maximum absolute atomic E-state index is 9.90. The summed E-state index contributed by atoms with van der Waals surface area (Å²) in [6.07, 6.45) is 2.08. The highest BCUT2D eigenvalue weighted by atomic mass is 35.5. The van der Waals surface area contributed by atoms with Crippen LogP contribution in [0, 0.1) is 0 Å². The second-order valence-electron chi connectivity index (χ2n) is 3.71. The molecule has 0 bridgehead atoms. The van der Waals surface area contributed by atoms with Crippen LogP contribution in [0.5, 0.6) is 5.75 Å². The highest BCUT2D eigenvalue weighted by molar-refractivity contribution is 6.35. The monoisotopic (exact) mass is 225 g/mol. The lowest BCUT2D eigenvalue weighted by atomic mass is 10.0. The molecule has 3 nitrogen and oxygen atoms in total. The van der Waals surface area contributed by atoms with Crippen LogP contribution in [-0.2, 0) is 6.42 Å². The Kier molecular flexibility index (Phi) is 2.59. The van der Waals surface area contributed by atoms with Gasteiger partial charge < -0.3 is 15.3 Å². The summed E-state index contributed by atoms with van der Waals surface area (Å²) in [6.45, 7) is 1.87. The number of hydrogen-bond acceptors (Lipinski definition) is 3. The van der Waals surface area contributed by atoms with Gasteiger partial charge in [-0.3, -0.25) is 0 Å². The number of aromatic hydroxyl groups is 1. The summed E-state index contributed by atoms with van der Waals surface area (Å²) < 4.78 is 5.18. The number of fused-ring (bicyclic) bond motifs is 1. The van der Waals surface area contributed by atoms with Gasteiger partial charge >= 0.3 is 0 Å². The molecule has 1 atom stereocenters. The Hall–Kier alpha value is -1.19. The summed E-state index contributed by atoms with van der Waals surface area (Å²) in [4.78, 5) is 0. The Bertz CT molecular complexity index is 491. The molecule has 0 aliphatic rings. The number of benzene rings is 1. The SMILES string of the molecule is CC(N)Cc1cc(Cl)c2ccoc2c1O. The lowest BCUT2D eigenvalue weighted by molar-refractivity contribution is 0.456. The minimum absolute atomic E-state index is 0.0284. The van der Waals surface area contributed by atoms with E-state index < -0.39 is 0 Å². The first-order valence-electron chi connectivity index (χ1n) is 4.72. The molecule has 0 fully saturated rings. The molecule has 1 heterocycles. The van der Waals surface area contributed by atoms with E-state index in [0.717, 1.165) is 10.9 Å². The van der Waals surface area contributed by atoms with Crippen LogP contribution < -0.4 is 5.73 Å². The normalized spacial score (nSPS) is 13.3. The standard InChI is InChI=1S/C11H12ClNO2/c1-6(13)4-7-5-9(12)8-2-3-15-11(8)10(7)14/h2-3,5-6,14H,4,13H2,1H3. The van der Waals surface area contributed by atoms with Crippen LogP contribution in [0.2, 0.25) is 5.02 Å². The van der Waals surface area contributed by atoms with Gasteiger partial charge in [0.1, 0.15) is 0 Å². The lowest BCUT2D eigenvalue weighted by Crippen LogP contribution is -2.17. The highest BCUT2D eigenvalue weighted by Crippen LogP contribution is 2.35. The molecule has 1 aromatic heterocycles. The summed E-state index contributed by atoms with van der Waals surface area (Å²) in [5, 5.41) is 11.2. The van der Waals surface area contributed by atoms with E-state index in [9.17, 15) is 5.11 Å². The van der Waals surface area contributed by atoms with E-state index in [-0.39, 0.29) is 11.8 Å². The van der Waals surface area contributed by atoms with Gasteiger partial charge in [0.25, 0.3) is 0 Å². The second-order valence-corrected chi connectivity index (χ2v) is 4.12. The Morgan fingerprint density at radius 2 is 2.33 bits per heavy atom. The largest absolute Gasteiger partial charge is 0.504 e. The minimum atomic E-state index is -0.0284. The van der Waals surface area contributed by atoms with Crippen LogP contribution in [0.25, 0.3) is 11.0 Å². The number of phenolic OH excluding ortho intramolecular Hbond substituents is 1.